The predicted octanol–water partition coefficient (Wildman–Crippen LogP) is -4.86. The zero-order valence-electron chi connectivity index (χ0n) is 4.92. The molecule has 12 N–H and O–H groups in total. The van der Waals surface area contributed by atoms with Crippen molar-refractivity contribution in [2.45, 2.75) is 0 Å². The Morgan fingerprint density at radius 2 is 0.400 bits per heavy atom. The molecule has 0 saturated carbocycles. The largest absolute Gasteiger partial charge is 0.870 e. The van der Waals surface area contributed by atoms with Gasteiger partial charge < -0.3 is 38.3 Å². The van der Waals surface area contributed by atoms with Crippen LogP contribution < -0.4 is 0 Å². The first kappa shape index (κ1) is 534. The van der Waals surface area contributed by atoms with E-state index in [1.165, 1.54) is 0 Å². The van der Waals surface area contributed by atoms with Gasteiger partial charge in [-0.15, -0.1) is 0 Å². The molecular formula is H12Cr2MgO7-2. The first-order valence-electron chi connectivity index (χ1n) is 0. The summed E-state index contributed by atoms with van der Waals surface area (Å²) in [5, 5.41) is 0. The Kier molecular flexibility index (Phi) is 21400. The topological polar surface area (TPSA) is 218 Å². The molecule has 0 amide bonds. The molecule has 0 rings (SSSR count). The van der Waals surface area contributed by atoms with Gasteiger partial charge in [-0.05, 0) is 0 Å². The van der Waals surface area contributed by atoms with Gasteiger partial charge in [0, 0.05) is 57.8 Å². The van der Waals surface area contributed by atoms with E-state index in [1.54, 1.807) is 0 Å². The van der Waals surface area contributed by atoms with Crippen LogP contribution in [0.2, 0.25) is 0 Å². The Balaban J connectivity index is 0. The minimum absolute atomic E-state index is 0. The molecule has 7 nitrogen and oxygen atoms in total. The van der Waals surface area contributed by atoms with E-state index < -0.39 is 0 Å². The van der Waals surface area contributed by atoms with E-state index in [-0.39, 0.29) is 96.1 Å². The van der Waals surface area contributed by atoms with Crippen LogP contribution in [-0.4, -0.2) is 61.4 Å². The molecule has 0 bridgehead atoms. The van der Waals surface area contributed by atoms with Gasteiger partial charge in [-0.1, -0.05) is 0 Å². The standard InChI is InChI=1S/2Cr.Mg.7H2O/h;;;7*1H2/p-2. The number of hydrogen-bond donors (Lipinski definition) is 0. The van der Waals surface area contributed by atoms with Crippen LogP contribution in [0.1, 0.15) is 0 Å². The summed E-state index contributed by atoms with van der Waals surface area (Å²) < 4.78 is 0. The Bertz CT molecular complexity index is 11.6. The molecule has 0 atom stereocenters. The van der Waals surface area contributed by atoms with E-state index in [4.69, 9.17) is 0 Å². The maximum atomic E-state index is 0. The molecule has 70 valence electrons. The van der Waals surface area contributed by atoms with Crippen LogP contribution in [0.4, 0.5) is 0 Å². The summed E-state index contributed by atoms with van der Waals surface area (Å²) in [7, 11) is 0. The van der Waals surface area contributed by atoms with Crippen molar-refractivity contribution >= 4 is 23.1 Å². The van der Waals surface area contributed by atoms with Crippen LogP contribution in [0.15, 0.2) is 0 Å². The van der Waals surface area contributed by atoms with Crippen LogP contribution in [0, 0.1) is 0 Å². The van der Waals surface area contributed by atoms with E-state index in [9.17, 15) is 0 Å². The normalized spacial score (nSPS) is 0. The molecule has 0 fully saturated rings. The summed E-state index contributed by atoms with van der Waals surface area (Å²) in [6.07, 6.45) is 0. The average molecular weight is 252 g/mol. The molecule has 0 aliphatic rings. The minimum atomic E-state index is 0. The van der Waals surface area contributed by atoms with Crippen molar-refractivity contribution in [1.29, 1.82) is 0 Å². The van der Waals surface area contributed by atoms with Gasteiger partial charge in [0.1, 0.15) is 0 Å². The van der Waals surface area contributed by atoms with Crippen molar-refractivity contribution in [1.82, 2.24) is 0 Å². The molecule has 0 aromatic heterocycles. The third-order valence-corrected chi connectivity index (χ3v) is 0. The summed E-state index contributed by atoms with van der Waals surface area (Å²) in [6, 6.07) is 0. The third kappa shape index (κ3) is 290. The predicted molar refractivity (Wildman–Crippen MR) is 27.7 cm³/mol. The van der Waals surface area contributed by atoms with Gasteiger partial charge in [-0.2, -0.15) is 0 Å². The van der Waals surface area contributed by atoms with E-state index in [0.717, 1.165) is 0 Å². The monoisotopic (exact) mass is 252 g/mol. The SMILES string of the molecule is O.O.O.O.O.[Cr].[Cr].[Mg].[OH-].[OH-]. The fraction of sp³-hybridized carbons (Fsp3) is 0. The van der Waals surface area contributed by atoms with Crippen molar-refractivity contribution in [3.63, 3.8) is 0 Å². The summed E-state index contributed by atoms with van der Waals surface area (Å²) in [6.45, 7) is 0. The second-order valence-electron chi connectivity index (χ2n) is 0. The van der Waals surface area contributed by atoms with Crippen molar-refractivity contribution in [3.8, 4) is 0 Å². The van der Waals surface area contributed by atoms with Crippen molar-refractivity contribution in [2.75, 3.05) is 0 Å². The molecule has 0 aliphatic heterocycles. The summed E-state index contributed by atoms with van der Waals surface area (Å²) >= 11 is 0. The molecule has 0 aromatic rings. The third-order valence-electron chi connectivity index (χ3n) is 0. The molecule has 0 aliphatic carbocycles. The van der Waals surface area contributed by atoms with Gasteiger partial charge in [0.05, 0.1) is 0 Å². The summed E-state index contributed by atoms with van der Waals surface area (Å²) in [5.41, 5.74) is 0. The molecule has 0 spiro atoms. The maximum absolute atomic E-state index is 0. The molecule has 0 saturated heterocycles. The van der Waals surface area contributed by atoms with Gasteiger partial charge in [-0.25, -0.2) is 0 Å². The second-order valence-corrected chi connectivity index (χ2v) is 0. The van der Waals surface area contributed by atoms with E-state index >= 15 is 0 Å². The second kappa shape index (κ2) is 400. The summed E-state index contributed by atoms with van der Waals surface area (Å²) in [5.74, 6) is 0. The maximum Gasteiger partial charge on any atom is 0 e. The summed E-state index contributed by atoms with van der Waals surface area (Å²) in [4.78, 5) is 0. The molecule has 10 heteroatoms. The fourth-order valence-corrected chi connectivity index (χ4v) is 0. The van der Waals surface area contributed by atoms with Crippen LogP contribution in [0.5, 0.6) is 0 Å². The van der Waals surface area contributed by atoms with Gasteiger partial charge in [0.25, 0.3) is 0 Å². The van der Waals surface area contributed by atoms with Crippen molar-refractivity contribution in [3.05, 3.63) is 0 Å². The fourth-order valence-electron chi connectivity index (χ4n) is 0. The number of rotatable bonds is 0. The van der Waals surface area contributed by atoms with Crippen LogP contribution in [-0.2, 0) is 34.7 Å². The van der Waals surface area contributed by atoms with E-state index in [0.29, 0.717) is 0 Å². The Hall–Kier alpha value is 1.55. The Morgan fingerprint density at radius 3 is 0.400 bits per heavy atom. The zero-order valence-corrected chi connectivity index (χ0v) is 8.88. The average Bonchev–Trinajstić information content (AvgIpc) is 0. The smallest absolute Gasteiger partial charge is 0 e. The molecule has 0 unspecified atom stereocenters. The van der Waals surface area contributed by atoms with Gasteiger partial charge in [0.2, 0.25) is 0 Å². The quantitative estimate of drug-likeness (QED) is 0.387. The molecule has 0 aromatic carbocycles. The first-order valence-corrected chi connectivity index (χ1v) is 0. The molecule has 0 heterocycles. The zero-order chi connectivity index (χ0) is 0. The molecular weight excluding hydrogens is 240 g/mol. The number of hydrogen-bond acceptors (Lipinski definition) is 2. The Morgan fingerprint density at radius 1 is 0.400 bits per heavy atom. The minimum Gasteiger partial charge on any atom is -0.870 e. The van der Waals surface area contributed by atoms with Crippen molar-refractivity contribution in [2.24, 2.45) is 0 Å². The molecule has 2 radical (unpaired) electrons. The van der Waals surface area contributed by atoms with E-state index in [1.807, 2.05) is 0 Å². The molecule has 10 heavy (non-hydrogen) atoms. The van der Waals surface area contributed by atoms with Gasteiger partial charge in [-0.3, -0.25) is 0 Å². The van der Waals surface area contributed by atoms with Gasteiger partial charge in [0.15, 0.2) is 0 Å². The van der Waals surface area contributed by atoms with Gasteiger partial charge >= 0.3 is 0 Å². The Labute approximate surface area is 95.8 Å². The van der Waals surface area contributed by atoms with Crippen molar-refractivity contribution < 1.29 is 73.1 Å². The van der Waals surface area contributed by atoms with Crippen LogP contribution in [0.25, 0.3) is 0 Å². The van der Waals surface area contributed by atoms with Crippen LogP contribution >= 0.6 is 0 Å². The van der Waals surface area contributed by atoms with E-state index in [2.05, 4.69) is 0 Å². The van der Waals surface area contributed by atoms with Crippen LogP contribution in [0.3, 0.4) is 0 Å². The first-order chi connectivity index (χ1) is 0.